The molecular formula is C23H29N3O4. The van der Waals surface area contributed by atoms with Gasteiger partial charge < -0.3 is 19.5 Å². The van der Waals surface area contributed by atoms with Crippen LogP contribution in [-0.2, 0) is 25.5 Å². The number of aromatic amines is 1. The molecule has 2 aromatic rings. The van der Waals surface area contributed by atoms with E-state index in [1.54, 1.807) is 0 Å². The largest absolute Gasteiger partial charge is 0.469 e. The van der Waals surface area contributed by atoms with Gasteiger partial charge in [-0.3, -0.25) is 14.4 Å². The number of nitrogens with one attached hydrogen (secondary N) is 1. The summed E-state index contributed by atoms with van der Waals surface area (Å²) in [5.74, 6) is -0.638. The van der Waals surface area contributed by atoms with Gasteiger partial charge in [0.05, 0.1) is 18.6 Å². The highest BCUT2D eigenvalue weighted by molar-refractivity contribution is 5.89. The van der Waals surface area contributed by atoms with Crippen molar-refractivity contribution in [3.63, 3.8) is 0 Å². The maximum absolute atomic E-state index is 12.9. The van der Waals surface area contributed by atoms with Crippen LogP contribution >= 0.6 is 0 Å². The third-order valence-corrected chi connectivity index (χ3v) is 6.93. The molecule has 0 aliphatic carbocycles. The molecule has 3 heterocycles. The number of hydrogen-bond donors (Lipinski definition) is 1. The summed E-state index contributed by atoms with van der Waals surface area (Å²) in [6, 6.07) is 8.10. The number of para-hydroxylation sites is 1. The molecular weight excluding hydrogens is 382 g/mol. The summed E-state index contributed by atoms with van der Waals surface area (Å²) < 4.78 is 4.99. The Bertz CT molecular complexity index is 956. The minimum absolute atomic E-state index is 0.00649. The van der Waals surface area contributed by atoms with Gasteiger partial charge in [-0.15, -0.1) is 0 Å². The maximum Gasteiger partial charge on any atom is 0.311 e. The van der Waals surface area contributed by atoms with E-state index < -0.39 is 11.5 Å². The molecule has 4 rings (SSSR count). The maximum atomic E-state index is 12.9. The van der Waals surface area contributed by atoms with Crippen molar-refractivity contribution in [2.24, 2.45) is 5.92 Å². The summed E-state index contributed by atoms with van der Waals surface area (Å²) >= 11 is 0. The average Bonchev–Trinajstić information content (AvgIpc) is 3.30. The highest BCUT2D eigenvalue weighted by atomic mass is 16.5. The quantitative estimate of drug-likeness (QED) is 0.767. The van der Waals surface area contributed by atoms with Crippen LogP contribution in [0.5, 0.6) is 0 Å². The van der Waals surface area contributed by atoms with Crippen molar-refractivity contribution in [1.82, 2.24) is 14.8 Å². The molecule has 2 aliphatic rings. The minimum atomic E-state index is -0.521. The third-order valence-electron chi connectivity index (χ3n) is 6.93. The van der Waals surface area contributed by atoms with Gasteiger partial charge in [-0.2, -0.15) is 0 Å². The zero-order chi connectivity index (χ0) is 21.3. The first-order valence-electron chi connectivity index (χ1n) is 10.7. The number of methoxy groups -OCH3 is 1. The Morgan fingerprint density at radius 2 is 1.97 bits per heavy atom. The number of benzene rings is 1. The fourth-order valence-electron chi connectivity index (χ4n) is 5.35. The number of carbonyl (C=O) groups excluding carboxylic acids is 3. The smallest absolute Gasteiger partial charge is 0.311 e. The number of rotatable bonds is 5. The van der Waals surface area contributed by atoms with Crippen molar-refractivity contribution >= 4 is 28.7 Å². The van der Waals surface area contributed by atoms with Gasteiger partial charge in [-0.1, -0.05) is 18.2 Å². The van der Waals surface area contributed by atoms with E-state index in [-0.39, 0.29) is 24.2 Å². The van der Waals surface area contributed by atoms with E-state index in [2.05, 4.69) is 11.1 Å². The Balaban J connectivity index is 1.41. The number of ether oxygens (including phenoxy) is 1. The van der Waals surface area contributed by atoms with Gasteiger partial charge in [0.1, 0.15) is 0 Å². The number of aromatic nitrogens is 1. The van der Waals surface area contributed by atoms with Crippen LogP contribution < -0.4 is 0 Å². The summed E-state index contributed by atoms with van der Waals surface area (Å²) in [4.78, 5) is 44.7. The normalized spacial score (nSPS) is 20.9. The number of aryl methyl sites for hydroxylation is 1. The number of nitrogens with zero attached hydrogens (tertiary/aromatic N) is 2. The molecule has 7 nitrogen and oxygen atoms in total. The fraction of sp³-hybridized carbons (Fsp3) is 0.522. The Kier molecular flexibility index (Phi) is 5.54. The molecule has 2 saturated heterocycles. The van der Waals surface area contributed by atoms with Gasteiger partial charge in [0.2, 0.25) is 11.8 Å². The second-order valence-electron chi connectivity index (χ2n) is 8.26. The van der Waals surface area contributed by atoms with E-state index in [0.29, 0.717) is 45.3 Å². The van der Waals surface area contributed by atoms with Crippen LogP contribution in [0.3, 0.4) is 0 Å². The van der Waals surface area contributed by atoms with Crippen LogP contribution in [-0.4, -0.2) is 64.9 Å². The number of esters is 1. The predicted octanol–water partition coefficient (Wildman–Crippen LogP) is 2.50. The molecule has 1 spiro atoms. The van der Waals surface area contributed by atoms with Crippen LogP contribution in [0.4, 0.5) is 0 Å². The molecule has 30 heavy (non-hydrogen) atoms. The number of H-pyrrole nitrogens is 1. The number of amides is 2. The zero-order valence-corrected chi connectivity index (χ0v) is 17.6. The van der Waals surface area contributed by atoms with E-state index in [9.17, 15) is 14.4 Å². The number of fused-ring (bicyclic) bond motifs is 1. The lowest BCUT2D eigenvalue weighted by Gasteiger charge is -2.46. The van der Waals surface area contributed by atoms with E-state index in [0.717, 1.165) is 16.5 Å². The molecule has 1 unspecified atom stereocenters. The fourth-order valence-corrected chi connectivity index (χ4v) is 5.35. The van der Waals surface area contributed by atoms with Gasteiger partial charge in [-0.05, 0) is 37.8 Å². The highest BCUT2D eigenvalue weighted by Gasteiger charge is 2.56. The Morgan fingerprint density at radius 1 is 1.23 bits per heavy atom. The number of carbonyl (C=O) groups is 3. The SMILES string of the molecule is CCN1C(=O)CC(C(=O)OC)C12CCN(C(=O)CCc1c[nH]c3ccccc13)CC2. The second-order valence-corrected chi connectivity index (χ2v) is 8.26. The van der Waals surface area contributed by atoms with E-state index in [1.165, 1.54) is 7.11 Å². The van der Waals surface area contributed by atoms with Crippen LogP contribution in [0.15, 0.2) is 30.5 Å². The van der Waals surface area contributed by atoms with Crippen LogP contribution in [0.2, 0.25) is 0 Å². The van der Waals surface area contributed by atoms with Gasteiger partial charge in [0.15, 0.2) is 0 Å². The lowest BCUT2D eigenvalue weighted by Crippen LogP contribution is -2.58. The molecule has 1 N–H and O–H groups in total. The molecule has 0 radical (unpaired) electrons. The number of piperidine rings is 1. The van der Waals surface area contributed by atoms with Gasteiger partial charge >= 0.3 is 5.97 Å². The monoisotopic (exact) mass is 411 g/mol. The molecule has 160 valence electrons. The molecule has 0 bridgehead atoms. The van der Waals surface area contributed by atoms with Gasteiger partial charge in [-0.25, -0.2) is 0 Å². The summed E-state index contributed by atoms with van der Waals surface area (Å²) in [6.07, 6.45) is 4.55. The first-order chi connectivity index (χ1) is 14.5. The van der Waals surface area contributed by atoms with Crippen LogP contribution in [0.1, 0.15) is 38.2 Å². The van der Waals surface area contributed by atoms with E-state index in [4.69, 9.17) is 4.74 Å². The Morgan fingerprint density at radius 3 is 2.67 bits per heavy atom. The van der Waals surface area contributed by atoms with Crippen molar-refractivity contribution in [3.8, 4) is 0 Å². The van der Waals surface area contributed by atoms with Crippen molar-refractivity contribution in [2.75, 3.05) is 26.7 Å². The second kappa shape index (κ2) is 8.13. The van der Waals surface area contributed by atoms with Crippen molar-refractivity contribution in [2.45, 2.75) is 44.6 Å². The average molecular weight is 412 g/mol. The van der Waals surface area contributed by atoms with Crippen LogP contribution in [0, 0.1) is 5.92 Å². The van der Waals surface area contributed by atoms with Crippen molar-refractivity contribution in [3.05, 3.63) is 36.0 Å². The van der Waals surface area contributed by atoms with Crippen molar-refractivity contribution in [1.29, 1.82) is 0 Å². The molecule has 2 amide bonds. The Labute approximate surface area is 176 Å². The molecule has 1 aromatic carbocycles. The summed E-state index contributed by atoms with van der Waals surface area (Å²) in [7, 11) is 1.37. The summed E-state index contributed by atoms with van der Waals surface area (Å²) in [5, 5.41) is 1.16. The first kappa shape index (κ1) is 20.4. The number of likely N-dealkylation sites (tertiary alicyclic amines) is 2. The first-order valence-corrected chi connectivity index (χ1v) is 10.7. The predicted molar refractivity (Wildman–Crippen MR) is 113 cm³/mol. The Hall–Kier alpha value is -2.83. The van der Waals surface area contributed by atoms with Gasteiger partial charge in [0, 0.05) is 49.6 Å². The molecule has 1 atom stereocenters. The van der Waals surface area contributed by atoms with E-state index >= 15 is 0 Å². The molecule has 1 aromatic heterocycles. The zero-order valence-electron chi connectivity index (χ0n) is 17.6. The molecule has 0 saturated carbocycles. The standard InChI is InChI=1S/C23H29N3O4/c1-3-26-21(28)14-18(22(29)30-2)23(26)10-12-25(13-11-23)20(27)9-8-16-15-24-19-7-5-4-6-17(16)19/h4-7,15,18,24H,3,8-14H2,1-2H3. The molecule has 2 aliphatic heterocycles. The van der Waals surface area contributed by atoms with Crippen molar-refractivity contribution < 1.29 is 19.1 Å². The van der Waals surface area contributed by atoms with Crippen LogP contribution in [0.25, 0.3) is 10.9 Å². The van der Waals surface area contributed by atoms with Gasteiger partial charge in [0.25, 0.3) is 0 Å². The summed E-state index contributed by atoms with van der Waals surface area (Å²) in [5.41, 5.74) is 1.71. The minimum Gasteiger partial charge on any atom is -0.469 e. The molecule has 7 heteroatoms. The van der Waals surface area contributed by atoms with E-state index in [1.807, 2.05) is 41.1 Å². The number of hydrogen-bond acceptors (Lipinski definition) is 4. The summed E-state index contributed by atoms with van der Waals surface area (Å²) in [6.45, 7) is 3.63. The topological polar surface area (TPSA) is 82.7 Å². The lowest BCUT2D eigenvalue weighted by molar-refractivity contribution is -0.150. The lowest BCUT2D eigenvalue weighted by atomic mass is 9.76. The third kappa shape index (κ3) is 3.36. The highest BCUT2D eigenvalue weighted by Crippen LogP contribution is 2.44. The molecule has 2 fully saturated rings.